The van der Waals surface area contributed by atoms with Gasteiger partial charge in [0, 0.05) is 18.8 Å². The van der Waals surface area contributed by atoms with E-state index in [9.17, 15) is 0 Å². The van der Waals surface area contributed by atoms with Crippen LogP contribution in [0.3, 0.4) is 0 Å². The van der Waals surface area contributed by atoms with Crippen LogP contribution in [0.5, 0.6) is 0 Å². The van der Waals surface area contributed by atoms with Crippen molar-refractivity contribution < 1.29 is 4.84 Å². The van der Waals surface area contributed by atoms with Gasteiger partial charge in [-0.3, -0.25) is 0 Å². The highest BCUT2D eigenvalue weighted by atomic mass is 16.6. The third-order valence-electron chi connectivity index (χ3n) is 2.44. The molecule has 0 fully saturated rings. The van der Waals surface area contributed by atoms with Gasteiger partial charge in [0.1, 0.15) is 0 Å². The van der Waals surface area contributed by atoms with Gasteiger partial charge in [0.15, 0.2) is 0 Å². The summed E-state index contributed by atoms with van der Waals surface area (Å²) in [4.78, 5) is 5.12. The number of benzene rings is 1. The van der Waals surface area contributed by atoms with Gasteiger partial charge in [0.2, 0.25) is 0 Å². The third-order valence-corrected chi connectivity index (χ3v) is 2.44. The van der Waals surface area contributed by atoms with Crippen LogP contribution in [0.1, 0.15) is 18.1 Å². The number of rotatable bonds is 4. The topological polar surface area (TPSA) is 33.3 Å². The first kappa shape index (κ1) is 9.49. The van der Waals surface area contributed by atoms with Gasteiger partial charge in [0.05, 0.1) is 6.61 Å². The highest BCUT2D eigenvalue weighted by Crippen LogP contribution is 2.25. The second kappa shape index (κ2) is 4.44. The number of hydroxylamine groups is 1. The Morgan fingerprint density at radius 3 is 3.29 bits per heavy atom. The standard InChI is InChI=1S/C11H16N2O/c1-2-14-13-8-10-5-3-4-9-6-7-12-11(9)10/h3-5,12-13H,2,6-8H2,1H3. The molecule has 0 aromatic heterocycles. The van der Waals surface area contributed by atoms with Crippen molar-refractivity contribution in [1.29, 1.82) is 0 Å². The lowest BCUT2D eigenvalue weighted by Crippen LogP contribution is -2.14. The molecule has 0 radical (unpaired) electrons. The Morgan fingerprint density at radius 2 is 2.43 bits per heavy atom. The monoisotopic (exact) mass is 192 g/mol. The number of nitrogens with one attached hydrogen (secondary N) is 2. The molecule has 1 aliphatic rings. The lowest BCUT2D eigenvalue weighted by molar-refractivity contribution is 0.0464. The molecule has 2 N–H and O–H groups in total. The smallest absolute Gasteiger partial charge is 0.0654 e. The second-order valence-electron chi connectivity index (χ2n) is 3.38. The summed E-state index contributed by atoms with van der Waals surface area (Å²) < 4.78 is 0. The number of hydrogen-bond donors (Lipinski definition) is 2. The van der Waals surface area contributed by atoms with E-state index in [1.165, 1.54) is 16.8 Å². The molecule has 0 bridgehead atoms. The van der Waals surface area contributed by atoms with Gasteiger partial charge >= 0.3 is 0 Å². The van der Waals surface area contributed by atoms with E-state index >= 15 is 0 Å². The molecular formula is C11H16N2O. The second-order valence-corrected chi connectivity index (χ2v) is 3.38. The van der Waals surface area contributed by atoms with Gasteiger partial charge in [-0.1, -0.05) is 18.2 Å². The largest absolute Gasteiger partial charge is 0.384 e. The summed E-state index contributed by atoms with van der Waals surface area (Å²) in [6, 6.07) is 6.41. The molecular weight excluding hydrogens is 176 g/mol. The summed E-state index contributed by atoms with van der Waals surface area (Å²) in [5.41, 5.74) is 6.94. The van der Waals surface area contributed by atoms with E-state index in [1.807, 2.05) is 6.92 Å². The Morgan fingerprint density at radius 1 is 1.50 bits per heavy atom. The van der Waals surface area contributed by atoms with Crippen LogP contribution in [-0.2, 0) is 17.8 Å². The molecule has 1 aromatic carbocycles. The van der Waals surface area contributed by atoms with Crippen LogP contribution < -0.4 is 10.8 Å². The van der Waals surface area contributed by atoms with Crippen molar-refractivity contribution in [3.05, 3.63) is 29.3 Å². The van der Waals surface area contributed by atoms with Gasteiger partial charge in [-0.25, -0.2) is 0 Å². The number of para-hydroxylation sites is 1. The van der Waals surface area contributed by atoms with Crippen molar-refractivity contribution in [3.63, 3.8) is 0 Å². The van der Waals surface area contributed by atoms with Crippen LogP contribution in [0.4, 0.5) is 5.69 Å². The molecule has 0 amide bonds. The van der Waals surface area contributed by atoms with E-state index in [-0.39, 0.29) is 0 Å². The third kappa shape index (κ3) is 1.89. The Bertz CT molecular complexity index is 312. The van der Waals surface area contributed by atoms with Crippen LogP contribution in [-0.4, -0.2) is 13.2 Å². The average Bonchev–Trinajstić information content (AvgIpc) is 2.67. The Kier molecular flexibility index (Phi) is 3.01. The summed E-state index contributed by atoms with van der Waals surface area (Å²) >= 11 is 0. The molecule has 76 valence electrons. The first-order valence-corrected chi connectivity index (χ1v) is 5.11. The average molecular weight is 192 g/mol. The zero-order valence-corrected chi connectivity index (χ0v) is 8.47. The van der Waals surface area contributed by atoms with E-state index in [2.05, 4.69) is 29.0 Å². The molecule has 0 atom stereocenters. The normalized spacial score (nSPS) is 13.8. The molecule has 3 heteroatoms. The minimum Gasteiger partial charge on any atom is -0.384 e. The maximum atomic E-state index is 5.12. The Labute approximate surface area is 84.4 Å². The molecule has 1 aliphatic heterocycles. The van der Waals surface area contributed by atoms with Crippen molar-refractivity contribution in [2.24, 2.45) is 0 Å². The predicted octanol–water partition coefficient (Wildman–Crippen LogP) is 1.70. The molecule has 0 saturated heterocycles. The molecule has 3 nitrogen and oxygen atoms in total. The fourth-order valence-electron chi connectivity index (χ4n) is 1.79. The Balaban J connectivity index is 2.06. The van der Waals surface area contributed by atoms with Gasteiger partial charge in [0.25, 0.3) is 0 Å². The van der Waals surface area contributed by atoms with Gasteiger partial charge in [-0.2, -0.15) is 5.48 Å². The van der Waals surface area contributed by atoms with E-state index in [0.717, 1.165) is 19.5 Å². The van der Waals surface area contributed by atoms with E-state index in [1.54, 1.807) is 0 Å². The molecule has 1 heterocycles. The van der Waals surface area contributed by atoms with Crippen LogP contribution in [0.15, 0.2) is 18.2 Å². The summed E-state index contributed by atoms with van der Waals surface area (Å²) in [6.45, 7) is 4.49. The summed E-state index contributed by atoms with van der Waals surface area (Å²) in [5, 5.41) is 3.40. The SMILES string of the molecule is CCONCc1cccc2c1NCC2. The molecule has 2 rings (SSSR count). The van der Waals surface area contributed by atoms with Crippen LogP contribution >= 0.6 is 0 Å². The minimum absolute atomic E-state index is 0.697. The molecule has 0 aliphatic carbocycles. The summed E-state index contributed by atoms with van der Waals surface area (Å²) in [6.07, 6.45) is 1.14. The highest BCUT2D eigenvalue weighted by molar-refractivity contribution is 5.61. The van der Waals surface area contributed by atoms with E-state index in [4.69, 9.17) is 4.84 Å². The minimum atomic E-state index is 0.697. The number of anilines is 1. The van der Waals surface area contributed by atoms with Gasteiger partial charge in [-0.15, -0.1) is 0 Å². The van der Waals surface area contributed by atoms with Crippen molar-refractivity contribution in [2.75, 3.05) is 18.5 Å². The molecule has 1 aromatic rings. The maximum Gasteiger partial charge on any atom is 0.0654 e. The summed E-state index contributed by atoms with van der Waals surface area (Å²) in [5.74, 6) is 0. The van der Waals surface area contributed by atoms with Gasteiger partial charge in [-0.05, 0) is 24.5 Å². The van der Waals surface area contributed by atoms with Crippen molar-refractivity contribution in [2.45, 2.75) is 19.9 Å². The first-order valence-electron chi connectivity index (χ1n) is 5.11. The summed E-state index contributed by atoms with van der Waals surface area (Å²) in [7, 11) is 0. The van der Waals surface area contributed by atoms with Crippen LogP contribution in [0.2, 0.25) is 0 Å². The molecule has 0 saturated carbocycles. The fourth-order valence-corrected chi connectivity index (χ4v) is 1.79. The number of hydrogen-bond acceptors (Lipinski definition) is 3. The highest BCUT2D eigenvalue weighted by Gasteiger charge is 2.12. The maximum absolute atomic E-state index is 5.12. The van der Waals surface area contributed by atoms with E-state index in [0.29, 0.717) is 6.61 Å². The molecule has 14 heavy (non-hydrogen) atoms. The fraction of sp³-hybridized carbons (Fsp3) is 0.455. The van der Waals surface area contributed by atoms with E-state index < -0.39 is 0 Å². The predicted molar refractivity (Wildman–Crippen MR) is 57.1 cm³/mol. The van der Waals surface area contributed by atoms with Crippen molar-refractivity contribution >= 4 is 5.69 Å². The molecule has 0 spiro atoms. The van der Waals surface area contributed by atoms with Crippen LogP contribution in [0, 0.1) is 0 Å². The first-order chi connectivity index (χ1) is 6.92. The number of fused-ring (bicyclic) bond motifs is 1. The lowest BCUT2D eigenvalue weighted by Gasteiger charge is -2.09. The van der Waals surface area contributed by atoms with Gasteiger partial charge < -0.3 is 10.2 Å². The zero-order chi connectivity index (χ0) is 9.80. The van der Waals surface area contributed by atoms with Crippen molar-refractivity contribution in [3.8, 4) is 0 Å². The lowest BCUT2D eigenvalue weighted by atomic mass is 10.1. The van der Waals surface area contributed by atoms with Crippen LogP contribution in [0.25, 0.3) is 0 Å². The molecule has 0 unspecified atom stereocenters. The zero-order valence-electron chi connectivity index (χ0n) is 8.47. The quantitative estimate of drug-likeness (QED) is 0.562. The van der Waals surface area contributed by atoms with Crippen molar-refractivity contribution in [1.82, 2.24) is 5.48 Å². The Hall–Kier alpha value is -1.06.